The lowest BCUT2D eigenvalue weighted by Gasteiger charge is -2.29. The Morgan fingerprint density at radius 3 is 3.00 bits per heavy atom. The largest absolute Gasteiger partial charge is 0.482 e. The van der Waals surface area contributed by atoms with E-state index in [-0.39, 0.29) is 31.0 Å². The van der Waals surface area contributed by atoms with Crippen molar-refractivity contribution in [3.05, 3.63) is 46.8 Å². The lowest BCUT2D eigenvalue weighted by atomic mass is 10.2. The molecule has 1 unspecified atom stereocenters. The van der Waals surface area contributed by atoms with Crippen LogP contribution in [0.3, 0.4) is 0 Å². The van der Waals surface area contributed by atoms with Crippen molar-refractivity contribution >= 4 is 33.4 Å². The number of benzene rings is 1. The molecule has 1 N–H and O–H groups in total. The summed E-state index contributed by atoms with van der Waals surface area (Å²) >= 11 is 3.37. The Balaban J connectivity index is 1.64. The number of amides is 2. The van der Waals surface area contributed by atoms with Gasteiger partial charge in [-0.25, -0.2) is 0 Å². The number of nitrogens with one attached hydrogen (secondary N) is 1. The maximum absolute atomic E-state index is 12.3. The average molecular weight is 393 g/mol. The predicted molar refractivity (Wildman–Crippen MR) is 92.0 cm³/mol. The summed E-state index contributed by atoms with van der Waals surface area (Å²) in [6.07, 6.45) is 2.20. The van der Waals surface area contributed by atoms with Crippen LogP contribution in [0.5, 0.6) is 5.75 Å². The first-order valence-electron chi connectivity index (χ1n) is 7.57. The number of rotatable bonds is 5. The van der Waals surface area contributed by atoms with Crippen molar-refractivity contribution in [1.82, 2.24) is 5.32 Å². The Labute approximate surface area is 147 Å². The van der Waals surface area contributed by atoms with E-state index >= 15 is 0 Å². The topological polar surface area (TPSA) is 71.8 Å². The molecular formula is C17H17BrN2O4. The standard InChI is InChI=1S/C17H17BrN2O4/c1-11(7-13-3-2-6-23-13)19-16(21)9-20-14-5-4-12(18)8-15(14)24-10-17(20)22/h2-6,8,11H,7,9-10H2,1H3,(H,19,21). The number of hydrogen-bond acceptors (Lipinski definition) is 4. The molecule has 1 aromatic heterocycles. The van der Waals surface area contributed by atoms with E-state index in [0.717, 1.165) is 10.2 Å². The fourth-order valence-corrected chi connectivity index (χ4v) is 2.94. The molecule has 2 amide bonds. The van der Waals surface area contributed by atoms with Gasteiger partial charge in [-0.2, -0.15) is 0 Å². The van der Waals surface area contributed by atoms with Crippen LogP contribution in [0.25, 0.3) is 0 Å². The summed E-state index contributed by atoms with van der Waals surface area (Å²) in [6, 6.07) is 8.94. The Morgan fingerprint density at radius 1 is 1.42 bits per heavy atom. The van der Waals surface area contributed by atoms with E-state index in [1.807, 2.05) is 25.1 Å². The highest BCUT2D eigenvalue weighted by Crippen LogP contribution is 2.34. The van der Waals surface area contributed by atoms with Gasteiger partial charge in [0, 0.05) is 16.9 Å². The number of carbonyl (C=O) groups is 2. The minimum absolute atomic E-state index is 0.0423. The van der Waals surface area contributed by atoms with E-state index in [1.54, 1.807) is 18.4 Å². The molecule has 126 valence electrons. The highest BCUT2D eigenvalue weighted by Gasteiger charge is 2.27. The van der Waals surface area contributed by atoms with E-state index in [4.69, 9.17) is 9.15 Å². The first-order chi connectivity index (χ1) is 11.5. The van der Waals surface area contributed by atoms with Crippen LogP contribution >= 0.6 is 15.9 Å². The molecule has 0 fully saturated rings. The maximum atomic E-state index is 12.3. The van der Waals surface area contributed by atoms with Crippen molar-refractivity contribution in [2.24, 2.45) is 0 Å². The number of hydrogen-bond donors (Lipinski definition) is 1. The van der Waals surface area contributed by atoms with Crippen LogP contribution in [0.1, 0.15) is 12.7 Å². The Kier molecular flexibility index (Phi) is 4.89. The SMILES string of the molecule is CC(Cc1ccco1)NC(=O)CN1C(=O)COc2cc(Br)ccc21. The summed E-state index contributed by atoms with van der Waals surface area (Å²) in [5, 5.41) is 2.89. The molecule has 7 heteroatoms. The van der Waals surface area contributed by atoms with Crippen molar-refractivity contribution in [2.45, 2.75) is 19.4 Å². The van der Waals surface area contributed by atoms with Gasteiger partial charge in [-0.1, -0.05) is 15.9 Å². The van der Waals surface area contributed by atoms with Gasteiger partial charge in [0.1, 0.15) is 18.1 Å². The molecule has 2 heterocycles. The van der Waals surface area contributed by atoms with E-state index in [0.29, 0.717) is 17.9 Å². The quantitative estimate of drug-likeness (QED) is 0.848. The lowest BCUT2D eigenvalue weighted by molar-refractivity contribution is -0.125. The number of anilines is 1. The second-order valence-corrected chi connectivity index (χ2v) is 6.55. The van der Waals surface area contributed by atoms with Crippen molar-refractivity contribution < 1.29 is 18.7 Å². The number of nitrogens with zero attached hydrogens (tertiary/aromatic N) is 1. The van der Waals surface area contributed by atoms with Crippen LogP contribution < -0.4 is 15.0 Å². The first kappa shape index (κ1) is 16.6. The number of carbonyl (C=O) groups excluding carboxylic acids is 2. The molecule has 0 bridgehead atoms. The molecule has 0 radical (unpaired) electrons. The van der Waals surface area contributed by atoms with Gasteiger partial charge in [-0.15, -0.1) is 0 Å². The molecule has 6 nitrogen and oxygen atoms in total. The molecule has 24 heavy (non-hydrogen) atoms. The average Bonchev–Trinajstić information content (AvgIpc) is 3.02. The smallest absolute Gasteiger partial charge is 0.265 e. The van der Waals surface area contributed by atoms with Crippen LogP contribution in [0.2, 0.25) is 0 Å². The monoisotopic (exact) mass is 392 g/mol. The van der Waals surface area contributed by atoms with Crippen molar-refractivity contribution in [1.29, 1.82) is 0 Å². The van der Waals surface area contributed by atoms with Gasteiger partial charge in [0.2, 0.25) is 5.91 Å². The normalized spacial score (nSPS) is 14.8. The van der Waals surface area contributed by atoms with Gasteiger partial charge in [0.15, 0.2) is 6.61 Å². The van der Waals surface area contributed by atoms with Crippen molar-refractivity contribution in [3.63, 3.8) is 0 Å². The minimum atomic E-state index is -0.237. The van der Waals surface area contributed by atoms with Gasteiger partial charge in [0.25, 0.3) is 5.91 Å². The Hall–Kier alpha value is -2.28. The molecule has 1 aromatic carbocycles. The van der Waals surface area contributed by atoms with Crippen LogP contribution in [-0.4, -0.2) is 31.0 Å². The van der Waals surface area contributed by atoms with Gasteiger partial charge in [-0.3, -0.25) is 14.5 Å². The molecule has 0 aliphatic carbocycles. The molecule has 3 rings (SSSR count). The molecule has 0 saturated carbocycles. The van der Waals surface area contributed by atoms with E-state index < -0.39 is 0 Å². The van der Waals surface area contributed by atoms with Crippen LogP contribution in [0.15, 0.2) is 45.5 Å². The summed E-state index contributed by atoms with van der Waals surface area (Å²) in [5.74, 6) is 0.928. The molecule has 1 aliphatic heterocycles. The maximum Gasteiger partial charge on any atom is 0.265 e. The molecule has 1 atom stereocenters. The molecule has 0 spiro atoms. The highest BCUT2D eigenvalue weighted by atomic mass is 79.9. The molecular weight excluding hydrogens is 376 g/mol. The minimum Gasteiger partial charge on any atom is -0.482 e. The van der Waals surface area contributed by atoms with Gasteiger partial charge in [-0.05, 0) is 37.3 Å². The molecule has 0 saturated heterocycles. The summed E-state index contributed by atoms with van der Waals surface area (Å²) in [4.78, 5) is 25.8. The number of halogens is 1. The zero-order valence-corrected chi connectivity index (χ0v) is 14.7. The van der Waals surface area contributed by atoms with Crippen LogP contribution in [0, 0.1) is 0 Å². The van der Waals surface area contributed by atoms with Crippen LogP contribution in [-0.2, 0) is 16.0 Å². The molecule has 1 aliphatic rings. The summed E-state index contributed by atoms with van der Waals surface area (Å²) < 4.78 is 11.5. The third kappa shape index (κ3) is 3.79. The summed E-state index contributed by atoms with van der Waals surface area (Å²) in [6.45, 7) is 1.78. The molecule has 2 aromatic rings. The Bertz CT molecular complexity index is 745. The second-order valence-electron chi connectivity index (χ2n) is 5.63. The zero-order chi connectivity index (χ0) is 17.1. The zero-order valence-electron chi connectivity index (χ0n) is 13.1. The van der Waals surface area contributed by atoms with Gasteiger partial charge < -0.3 is 14.5 Å². The lowest BCUT2D eigenvalue weighted by Crippen LogP contribution is -2.47. The second kappa shape index (κ2) is 7.09. The number of ether oxygens (including phenoxy) is 1. The summed E-state index contributed by atoms with van der Waals surface area (Å²) in [7, 11) is 0. The van der Waals surface area contributed by atoms with Gasteiger partial charge >= 0.3 is 0 Å². The number of fused-ring (bicyclic) bond motifs is 1. The van der Waals surface area contributed by atoms with Crippen molar-refractivity contribution in [2.75, 3.05) is 18.1 Å². The summed E-state index contributed by atoms with van der Waals surface area (Å²) in [5.41, 5.74) is 0.600. The van der Waals surface area contributed by atoms with Crippen LogP contribution in [0.4, 0.5) is 5.69 Å². The fraction of sp³-hybridized carbons (Fsp3) is 0.294. The van der Waals surface area contributed by atoms with E-state index in [9.17, 15) is 9.59 Å². The third-order valence-electron chi connectivity index (χ3n) is 3.66. The Morgan fingerprint density at radius 2 is 2.25 bits per heavy atom. The first-order valence-corrected chi connectivity index (χ1v) is 8.36. The van der Waals surface area contributed by atoms with Crippen molar-refractivity contribution in [3.8, 4) is 5.75 Å². The fourth-order valence-electron chi connectivity index (χ4n) is 2.60. The third-order valence-corrected chi connectivity index (χ3v) is 4.15. The number of furan rings is 1. The predicted octanol–water partition coefficient (Wildman–Crippen LogP) is 2.51. The van der Waals surface area contributed by atoms with Gasteiger partial charge in [0.05, 0.1) is 12.0 Å². The van der Waals surface area contributed by atoms with E-state index in [2.05, 4.69) is 21.2 Å². The highest BCUT2D eigenvalue weighted by molar-refractivity contribution is 9.10. The van der Waals surface area contributed by atoms with E-state index in [1.165, 1.54) is 4.90 Å².